The van der Waals surface area contributed by atoms with Crippen LogP contribution < -0.4 is 0 Å². The molecule has 8 atom stereocenters. The van der Waals surface area contributed by atoms with Gasteiger partial charge in [0.25, 0.3) is 0 Å². The summed E-state index contributed by atoms with van der Waals surface area (Å²) < 4.78 is 33.4. The van der Waals surface area contributed by atoms with Gasteiger partial charge in [0, 0.05) is 12.8 Å². The average Bonchev–Trinajstić information content (AvgIpc) is 3.25. The number of phosphoric acid groups is 1. The van der Waals surface area contributed by atoms with Crippen LogP contribution >= 0.6 is 7.82 Å². The first-order chi connectivity index (χ1) is 29.9. The molecule has 6 unspecified atom stereocenters. The molecule has 0 heterocycles. The van der Waals surface area contributed by atoms with Gasteiger partial charge in [-0.2, -0.15) is 0 Å². The Hall–Kier alpha value is -2.97. The lowest BCUT2D eigenvalue weighted by Gasteiger charge is -2.41. The molecule has 1 aliphatic carbocycles. The lowest BCUT2D eigenvalue weighted by atomic mass is 9.85. The molecule has 0 aromatic rings. The Balaban J connectivity index is 2.53. The van der Waals surface area contributed by atoms with Crippen molar-refractivity contribution in [1.29, 1.82) is 0 Å². The summed E-state index contributed by atoms with van der Waals surface area (Å²) >= 11 is 0. The summed E-state index contributed by atoms with van der Waals surface area (Å²) in [6, 6.07) is 0. The molecule has 354 valence electrons. The molecule has 6 N–H and O–H groups in total. The van der Waals surface area contributed by atoms with Crippen molar-refractivity contribution in [2.45, 2.75) is 191 Å². The molecule has 0 saturated heterocycles. The van der Waals surface area contributed by atoms with E-state index in [4.69, 9.17) is 18.5 Å². The summed E-state index contributed by atoms with van der Waals surface area (Å²) in [5, 5.41) is 50.1. The van der Waals surface area contributed by atoms with Gasteiger partial charge < -0.3 is 39.9 Å². The second-order valence-electron chi connectivity index (χ2n) is 15.5. The van der Waals surface area contributed by atoms with Gasteiger partial charge in [-0.15, -0.1) is 0 Å². The number of carbonyl (C=O) groups excluding carboxylic acids is 2. The Morgan fingerprint density at radius 3 is 1.44 bits per heavy atom. The lowest BCUT2D eigenvalue weighted by molar-refractivity contribution is -0.220. The van der Waals surface area contributed by atoms with Gasteiger partial charge in [0.05, 0.1) is 6.61 Å². The van der Waals surface area contributed by atoms with E-state index in [1.165, 1.54) is 32.1 Å². The zero-order valence-electron chi connectivity index (χ0n) is 37.4. The third kappa shape index (κ3) is 29.4. The Labute approximate surface area is 371 Å². The first-order valence-corrected chi connectivity index (χ1v) is 24.4. The molecular formula is C48H79O13P. The standard InChI is InChI=1S/C48H79O13P/c1-3-5-7-9-11-13-15-17-19-20-21-22-23-25-26-28-30-32-34-36-41(49)58-38-40(39-59-62(56,57)61-48-46(54)44(52)43(51)45(53)47(48)55)60-42(50)37-35-33-31-29-27-24-18-16-14-12-10-8-6-4-2/h10-13,16-19,21-22,25-26,30,32,40,43-48,51-55H,3-9,14-15,20,23-24,27-29,31,33-39H2,1-2H3,(H,56,57)/b12-10+,13-11+,18-16+,19-17+,22-21+,26-25+,32-30+/t40-,43?,44-,45?,46?,47?,48?/m0/s1. The molecule has 0 aliphatic heterocycles. The summed E-state index contributed by atoms with van der Waals surface area (Å²) in [7, 11) is -5.14. The van der Waals surface area contributed by atoms with Gasteiger partial charge in [0.15, 0.2) is 6.10 Å². The van der Waals surface area contributed by atoms with Crippen LogP contribution in [0.2, 0.25) is 0 Å². The molecule has 0 radical (unpaired) electrons. The second-order valence-corrected chi connectivity index (χ2v) is 16.9. The Morgan fingerprint density at radius 2 is 0.919 bits per heavy atom. The molecule has 1 aliphatic rings. The number of hydrogen-bond donors (Lipinski definition) is 6. The van der Waals surface area contributed by atoms with Crippen LogP contribution in [-0.4, -0.2) is 98.3 Å². The van der Waals surface area contributed by atoms with Crippen molar-refractivity contribution >= 4 is 19.8 Å². The average molecular weight is 895 g/mol. The highest BCUT2D eigenvalue weighted by atomic mass is 31.2. The van der Waals surface area contributed by atoms with Gasteiger partial charge in [-0.1, -0.05) is 144 Å². The molecule has 0 amide bonds. The number of esters is 2. The van der Waals surface area contributed by atoms with Crippen molar-refractivity contribution in [2.75, 3.05) is 13.2 Å². The fourth-order valence-corrected chi connectivity index (χ4v) is 7.20. The van der Waals surface area contributed by atoms with Crippen LogP contribution in [0.25, 0.3) is 0 Å². The van der Waals surface area contributed by atoms with Gasteiger partial charge in [-0.25, -0.2) is 4.57 Å². The lowest BCUT2D eigenvalue weighted by Crippen LogP contribution is -2.64. The summed E-state index contributed by atoms with van der Waals surface area (Å²) in [6.07, 6.45) is 35.1. The number of hydrogen-bond acceptors (Lipinski definition) is 12. The maximum absolute atomic E-state index is 12.8. The van der Waals surface area contributed by atoms with Gasteiger partial charge in [0.2, 0.25) is 0 Å². The predicted octanol–water partition coefficient (Wildman–Crippen LogP) is 8.89. The van der Waals surface area contributed by atoms with Crippen molar-refractivity contribution in [3.8, 4) is 0 Å². The third-order valence-corrected chi connectivity index (χ3v) is 11.0. The van der Waals surface area contributed by atoms with E-state index in [1.54, 1.807) is 0 Å². The topological polar surface area (TPSA) is 210 Å². The maximum atomic E-state index is 12.8. The molecule has 0 bridgehead atoms. The maximum Gasteiger partial charge on any atom is 0.472 e. The van der Waals surface area contributed by atoms with Crippen molar-refractivity contribution in [1.82, 2.24) is 0 Å². The first kappa shape index (κ1) is 57.0. The van der Waals surface area contributed by atoms with Crippen LogP contribution in [0.3, 0.4) is 0 Å². The van der Waals surface area contributed by atoms with E-state index >= 15 is 0 Å². The zero-order chi connectivity index (χ0) is 45.7. The largest absolute Gasteiger partial charge is 0.472 e. The van der Waals surface area contributed by atoms with Crippen molar-refractivity contribution in [3.63, 3.8) is 0 Å². The van der Waals surface area contributed by atoms with E-state index in [9.17, 15) is 44.6 Å². The van der Waals surface area contributed by atoms with E-state index < -0.39 is 75.7 Å². The number of aliphatic hydroxyl groups is 5. The number of unbranched alkanes of at least 4 members (excludes halogenated alkanes) is 10. The molecule has 1 rings (SSSR count). The number of ether oxygens (including phenoxy) is 2. The van der Waals surface area contributed by atoms with E-state index in [0.29, 0.717) is 19.3 Å². The summed E-state index contributed by atoms with van der Waals surface area (Å²) in [5.41, 5.74) is 0. The number of carbonyl (C=O) groups is 2. The minimum atomic E-state index is -5.14. The number of rotatable bonds is 36. The van der Waals surface area contributed by atoms with Crippen LogP contribution in [0.15, 0.2) is 85.1 Å². The monoisotopic (exact) mass is 895 g/mol. The van der Waals surface area contributed by atoms with Gasteiger partial charge >= 0.3 is 19.8 Å². The predicted molar refractivity (Wildman–Crippen MR) is 244 cm³/mol. The molecule has 0 spiro atoms. The zero-order valence-corrected chi connectivity index (χ0v) is 38.3. The van der Waals surface area contributed by atoms with E-state index in [2.05, 4.69) is 80.7 Å². The molecule has 1 saturated carbocycles. The van der Waals surface area contributed by atoms with Crippen LogP contribution in [0.5, 0.6) is 0 Å². The highest BCUT2D eigenvalue weighted by molar-refractivity contribution is 7.47. The van der Waals surface area contributed by atoms with Crippen molar-refractivity contribution < 1.29 is 63.1 Å². The van der Waals surface area contributed by atoms with Crippen LogP contribution in [0, 0.1) is 0 Å². The Kier molecular flexibility index (Phi) is 34.4. The smallest absolute Gasteiger partial charge is 0.462 e. The molecule has 62 heavy (non-hydrogen) atoms. The fourth-order valence-electron chi connectivity index (χ4n) is 6.23. The van der Waals surface area contributed by atoms with Crippen LogP contribution in [-0.2, 0) is 32.7 Å². The molecule has 0 aromatic carbocycles. The fraction of sp³-hybridized carbons (Fsp3) is 0.667. The highest BCUT2D eigenvalue weighted by Gasteiger charge is 2.51. The Morgan fingerprint density at radius 1 is 0.500 bits per heavy atom. The summed E-state index contributed by atoms with van der Waals surface area (Å²) in [4.78, 5) is 35.6. The number of allylic oxidation sites excluding steroid dienone is 14. The SMILES string of the molecule is CCCC/C=C/C/C=C/CCCCCCCC(=O)O[C@@H](COC(=O)CC/C=C/C/C=C/C/C=C/C/C=C/C/C=C/CCCCC)COP(=O)(O)OC1C(O)C(O)C(O)[C@H](O)C1O. The normalized spacial score (nSPS) is 22.6. The van der Waals surface area contributed by atoms with Crippen molar-refractivity contribution in [3.05, 3.63) is 85.1 Å². The van der Waals surface area contributed by atoms with E-state index in [1.807, 2.05) is 18.2 Å². The van der Waals surface area contributed by atoms with Gasteiger partial charge in [-0.05, 0) is 77.0 Å². The number of aliphatic hydroxyl groups excluding tert-OH is 5. The minimum absolute atomic E-state index is 0.0358. The molecular weight excluding hydrogens is 815 g/mol. The van der Waals surface area contributed by atoms with Crippen LogP contribution in [0.4, 0.5) is 0 Å². The molecule has 14 heteroatoms. The molecule has 13 nitrogen and oxygen atoms in total. The molecule has 0 aromatic heterocycles. The van der Waals surface area contributed by atoms with Gasteiger partial charge in [0.1, 0.15) is 43.2 Å². The van der Waals surface area contributed by atoms with Crippen LogP contribution in [0.1, 0.15) is 149 Å². The van der Waals surface area contributed by atoms with Gasteiger partial charge in [-0.3, -0.25) is 18.6 Å². The van der Waals surface area contributed by atoms with E-state index in [-0.39, 0.29) is 12.8 Å². The number of phosphoric ester groups is 1. The summed E-state index contributed by atoms with van der Waals surface area (Å²) in [6.45, 7) is 3.13. The first-order valence-electron chi connectivity index (χ1n) is 22.9. The molecule has 1 fully saturated rings. The second kappa shape index (κ2) is 37.4. The summed E-state index contributed by atoms with van der Waals surface area (Å²) in [5.74, 6) is -1.22. The van der Waals surface area contributed by atoms with Crippen molar-refractivity contribution in [2.24, 2.45) is 0 Å². The third-order valence-electron chi connectivity index (χ3n) is 9.97. The quantitative estimate of drug-likeness (QED) is 0.0150. The minimum Gasteiger partial charge on any atom is -0.462 e. The Bertz CT molecular complexity index is 1400. The highest BCUT2D eigenvalue weighted by Crippen LogP contribution is 2.47. The van der Waals surface area contributed by atoms with E-state index in [0.717, 1.165) is 70.6 Å².